The van der Waals surface area contributed by atoms with Gasteiger partial charge in [0.05, 0.1) is 11.1 Å². The Kier molecular flexibility index (Phi) is 7.60. The van der Waals surface area contributed by atoms with Crippen LogP contribution in [0.25, 0.3) is 0 Å². The molecule has 0 aliphatic heterocycles. The summed E-state index contributed by atoms with van der Waals surface area (Å²) in [5.74, 6) is -1.50. The van der Waals surface area contributed by atoms with E-state index in [9.17, 15) is 24.5 Å². The van der Waals surface area contributed by atoms with E-state index < -0.39 is 28.4 Å². The number of amides is 1. The van der Waals surface area contributed by atoms with Crippen LogP contribution in [0.3, 0.4) is 0 Å². The largest absolute Gasteiger partial charge is 0.480 e. The number of carboxylic acid groups (broad SMARTS) is 1. The molecule has 0 aromatic carbocycles. The zero-order valence-corrected chi connectivity index (χ0v) is 13.4. The number of unbranched alkanes of at least 4 members (excludes halogenated alkanes) is 1. The van der Waals surface area contributed by atoms with E-state index in [1.807, 2.05) is 6.92 Å². The van der Waals surface area contributed by atoms with E-state index in [1.165, 1.54) is 0 Å². The molecular weight excluding hydrogens is 318 g/mol. The van der Waals surface area contributed by atoms with Crippen LogP contribution in [0.15, 0.2) is 23.1 Å². The van der Waals surface area contributed by atoms with Crippen molar-refractivity contribution in [3.63, 3.8) is 0 Å². The minimum absolute atomic E-state index is 0.0328. The average Bonchev–Trinajstić information content (AvgIpc) is 2.52. The van der Waals surface area contributed by atoms with E-state index >= 15 is 0 Å². The fourth-order valence-corrected chi connectivity index (χ4v) is 2.14. The number of carboxylic acids is 1. The van der Waals surface area contributed by atoms with Crippen molar-refractivity contribution in [2.45, 2.75) is 51.6 Å². The fraction of sp³-hybridized carbons (Fsp3) is 0.533. The summed E-state index contributed by atoms with van der Waals surface area (Å²) >= 11 is 0. The minimum atomic E-state index is -1.08. The Morgan fingerprint density at radius 1 is 1.38 bits per heavy atom. The van der Waals surface area contributed by atoms with Crippen molar-refractivity contribution in [2.24, 2.45) is 0 Å². The molecule has 1 aromatic rings. The second kappa shape index (κ2) is 9.43. The van der Waals surface area contributed by atoms with E-state index in [0.717, 1.165) is 29.3 Å². The van der Waals surface area contributed by atoms with Crippen LogP contribution < -0.4 is 10.9 Å². The van der Waals surface area contributed by atoms with Gasteiger partial charge in [0.1, 0.15) is 6.04 Å². The molecule has 1 atom stereocenters. The first-order valence-electron chi connectivity index (χ1n) is 7.72. The molecule has 1 unspecified atom stereocenters. The molecule has 0 aliphatic carbocycles. The summed E-state index contributed by atoms with van der Waals surface area (Å²) in [6.07, 6.45) is 3.32. The lowest BCUT2D eigenvalue weighted by molar-refractivity contribution is -0.385. The number of nitro groups is 1. The number of rotatable bonds is 10. The molecular formula is C15H21N3O6. The topological polar surface area (TPSA) is 132 Å². The van der Waals surface area contributed by atoms with Crippen LogP contribution >= 0.6 is 0 Å². The van der Waals surface area contributed by atoms with E-state index in [0.29, 0.717) is 12.8 Å². The Hall–Kier alpha value is -2.71. The van der Waals surface area contributed by atoms with Gasteiger partial charge in [0, 0.05) is 25.1 Å². The van der Waals surface area contributed by atoms with Crippen molar-refractivity contribution in [3.8, 4) is 0 Å². The van der Waals surface area contributed by atoms with Crippen molar-refractivity contribution in [3.05, 3.63) is 38.8 Å². The van der Waals surface area contributed by atoms with Gasteiger partial charge < -0.3 is 15.0 Å². The SMILES string of the molecule is CCCCC(NC(=O)CCCn1cc([N+](=O)[O-])ccc1=O)C(=O)O. The molecule has 1 amide bonds. The predicted octanol–water partition coefficient (Wildman–Crippen LogP) is 1.30. The monoisotopic (exact) mass is 339 g/mol. The molecule has 24 heavy (non-hydrogen) atoms. The van der Waals surface area contributed by atoms with Crippen LogP contribution in [0.4, 0.5) is 5.69 Å². The summed E-state index contributed by atoms with van der Waals surface area (Å²) < 4.78 is 1.16. The molecule has 1 aromatic heterocycles. The van der Waals surface area contributed by atoms with Gasteiger partial charge in [-0.05, 0) is 12.8 Å². The predicted molar refractivity (Wildman–Crippen MR) is 85.7 cm³/mol. The van der Waals surface area contributed by atoms with E-state index in [4.69, 9.17) is 5.11 Å². The Balaban J connectivity index is 2.53. The first-order chi connectivity index (χ1) is 11.3. The highest BCUT2D eigenvalue weighted by Crippen LogP contribution is 2.07. The molecule has 9 nitrogen and oxygen atoms in total. The van der Waals surface area contributed by atoms with Gasteiger partial charge in [-0.25, -0.2) is 4.79 Å². The molecule has 0 aliphatic rings. The smallest absolute Gasteiger partial charge is 0.326 e. The molecule has 2 N–H and O–H groups in total. The summed E-state index contributed by atoms with van der Waals surface area (Å²) in [4.78, 5) is 44.6. The number of nitrogens with zero attached hydrogens (tertiary/aromatic N) is 2. The van der Waals surface area contributed by atoms with Crippen LogP contribution in [0.1, 0.15) is 39.0 Å². The van der Waals surface area contributed by atoms with Crippen molar-refractivity contribution < 1.29 is 19.6 Å². The van der Waals surface area contributed by atoms with Gasteiger partial charge in [-0.15, -0.1) is 0 Å². The lowest BCUT2D eigenvalue weighted by Gasteiger charge is -2.14. The highest BCUT2D eigenvalue weighted by atomic mass is 16.6. The maximum Gasteiger partial charge on any atom is 0.326 e. The first-order valence-corrected chi connectivity index (χ1v) is 7.72. The number of aryl methyl sites for hydroxylation is 1. The number of nitrogens with one attached hydrogen (secondary N) is 1. The van der Waals surface area contributed by atoms with Crippen LogP contribution in [0.5, 0.6) is 0 Å². The summed E-state index contributed by atoms with van der Waals surface area (Å²) in [6.45, 7) is 2.07. The van der Waals surface area contributed by atoms with Gasteiger partial charge in [0.25, 0.3) is 11.2 Å². The average molecular weight is 339 g/mol. The molecule has 0 fully saturated rings. The summed E-state index contributed by atoms with van der Waals surface area (Å²) in [7, 11) is 0. The summed E-state index contributed by atoms with van der Waals surface area (Å²) in [5.41, 5.74) is -0.600. The highest BCUT2D eigenvalue weighted by Gasteiger charge is 2.18. The molecule has 9 heteroatoms. The van der Waals surface area contributed by atoms with Gasteiger partial charge in [-0.1, -0.05) is 19.8 Å². The maximum absolute atomic E-state index is 11.8. The summed E-state index contributed by atoms with van der Waals surface area (Å²) in [5, 5.41) is 22.2. The molecule has 0 spiro atoms. The maximum atomic E-state index is 11.8. The second-order valence-corrected chi connectivity index (χ2v) is 5.38. The molecule has 132 valence electrons. The number of carbonyl (C=O) groups is 2. The zero-order valence-electron chi connectivity index (χ0n) is 13.4. The lowest BCUT2D eigenvalue weighted by atomic mass is 10.1. The van der Waals surface area contributed by atoms with Gasteiger partial charge in [0.15, 0.2) is 0 Å². The van der Waals surface area contributed by atoms with Crippen LogP contribution in [-0.2, 0) is 16.1 Å². The Morgan fingerprint density at radius 2 is 2.08 bits per heavy atom. The van der Waals surface area contributed by atoms with Crippen LogP contribution in [0.2, 0.25) is 0 Å². The number of aliphatic carboxylic acids is 1. The normalized spacial score (nSPS) is 11.7. The third kappa shape index (κ3) is 6.19. The van der Waals surface area contributed by atoms with Crippen LogP contribution in [0, 0.1) is 10.1 Å². The number of aromatic nitrogens is 1. The third-order valence-corrected chi connectivity index (χ3v) is 3.46. The molecule has 1 rings (SSSR count). The number of carbonyl (C=O) groups excluding carboxylic acids is 1. The van der Waals surface area contributed by atoms with Crippen molar-refractivity contribution in [1.29, 1.82) is 0 Å². The van der Waals surface area contributed by atoms with Gasteiger partial charge in [0.2, 0.25) is 5.91 Å². The number of hydrogen-bond donors (Lipinski definition) is 2. The molecule has 1 heterocycles. The molecule has 0 saturated heterocycles. The quantitative estimate of drug-likeness (QED) is 0.488. The Morgan fingerprint density at radius 3 is 2.67 bits per heavy atom. The van der Waals surface area contributed by atoms with Crippen molar-refractivity contribution in [1.82, 2.24) is 9.88 Å². The first kappa shape index (κ1) is 19.3. The molecule has 0 saturated carbocycles. The molecule has 0 bridgehead atoms. The highest BCUT2D eigenvalue weighted by molar-refractivity contribution is 5.83. The minimum Gasteiger partial charge on any atom is -0.480 e. The third-order valence-electron chi connectivity index (χ3n) is 3.46. The second-order valence-electron chi connectivity index (χ2n) is 5.38. The lowest BCUT2D eigenvalue weighted by Crippen LogP contribution is -2.40. The summed E-state index contributed by atoms with van der Waals surface area (Å²) in [6, 6.07) is 1.30. The zero-order chi connectivity index (χ0) is 18.1. The standard InChI is InChI=1S/C15H21N3O6/c1-2-3-5-12(15(21)22)16-13(19)6-4-9-17-10-11(18(23)24)7-8-14(17)20/h7-8,10,12H,2-6,9H2,1H3,(H,16,19)(H,21,22). The van der Waals surface area contributed by atoms with Crippen molar-refractivity contribution >= 4 is 17.6 Å². The fourth-order valence-electron chi connectivity index (χ4n) is 2.14. The Labute approximate surface area is 138 Å². The van der Waals surface area contributed by atoms with Gasteiger partial charge in [-0.3, -0.25) is 19.7 Å². The number of hydrogen-bond acceptors (Lipinski definition) is 5. The van der Waals surface area contributed by atoms with Crippen LogP contribution in [-0.4, -0.2) is 32.5 Å². The van der Waals surface area contributed by atoms with E-state index in [1.54, 1.807) is 0 Å². The van der Waals surface area contributed by atoms with Gasteiger partial charge in [-0.2, -0.15) is 0 Å². The molecule has 0 radical (unpaired) electrons. The Bertz CT molecular complexity index is 655. The van der Waals surface area contributed by atoms with Gasteiger partial charge >= 0.3 is 5.97 Å². The van der Waals surface area contributed by atoms with E-state index in [-0.39, 0.29) is 25.1 Å². The van der Waals surface area contributed by atoms with Crippen molar-refractivity contribution in [2.75, 3.05) is 0 Å². The number of pyridine rings is 1. The van der Waals surface area contributed by atoms with E-state index in [2.05, 4.69) is 5.32 Å².